The van der Waals surface area contributed by atoms with Gasteiger partial charge in [-0.1, -0.05) is 6.42 Å². The van der Waals surface area contributed by atoms with Crippen LogP contribution in [0.15, 0.2) is 12.3 Å². The third kappa shape index (κ3) is 3.00. The van der Waals surface area contributed by atoms with E-state index >= 15 is 0 Å². The maximum absolute atomic E-state index is 5.05. The number of rotatable bonds is 7. The van der Waals surface area contributed by atoms with Gasteiger partial charge in [0.1, 0.15) is 0 Å². The van der Waals surface area contributed by atoms with E-state index in [-0.39, 0.29) is 0 Å². The van der Waals surface area contributed by atoms with Crippen LogP contribution in [0.3, 0.4) is 0 Å². The van der Waals surface area contributed by atoms with E-state index in [0.717, 1.165) is 44.0 Å². The van der Waals surface area contributed by atoms with Gasteiger partial charge in [0.15, 0.2) is 0 Å². The average Bonchev–Trinajstić information content (AvgIpc) is 3.12. The smallest absolute Gasteiger partial charge is 0.0587 e. The maximum atomic E-state index is 5.05. The molecule has 3 unspecified atom stereocenters. The molecular formula is C15H25N3O. The minimum absolute atomic E-state index is 0.764. The van der Waals surface area contributed by atoms with Crippen LogP contribution in [0.25, 0.3) is 0 Å². The van der Waals surface area contributed by atoms with E-state index in [1.165, 1.54) is 31.4 Å². The van der Waals surface area contributed by atoms with Crippen LogP contribution in [-0.2, 0) is 17.8 Å². The highest BCUT2D eigenvalue weighted by Crippen LogP contribution is 2.48. The number of hydrogen-bond acceptors (Lipinski definition) is 3. The van der Waals surface area contributed by atoms with Gasteiger partial charge in [0.25, 0.3) is 0 Å². The van der Waals surface area contributed by atoms with Crippen LogP contribution in [0.5, 0.6) is 0 Å². The highest BCUT2D eigenvalue weighted by molar-refractivity contribution is 5.01. The molecule has 19 heavy (non-hydrogen) atoms. The standard InChI is InChI=1S/C15H25N3O/c1-19-7-6-16-10-15-4-5-17-18(15)11-14-9-12-2-3-13(14)8-12/h4-5,12-14,16H,2-3,6-11H2,1H3. The van der Waals surface area contributed by atoms with E-state index in [1.54, 1.807) is 7.11 Å². The lowest BCUT2D eigenvalue weighted by Crippen LogP contribution is -2.23. The van der Waals surface area contributed by atoms with Crippen LogP contribution in [0, 0.1) is 17.8 Å². The highest BCUT2D eigenvalue weighted by Gasteiger charge is 2.39. The Morgan fingerprint density at radius 1 is 1.42 bits per heavy atom. The van der Waals surface area contributed by atoms with Crippen molar-refractivity contribution in [2.45, 2.75) is 38.8 Å². The zero-order valence-corrected chi connectivity index (χ0v) is 11.8. The fourth-order valence-electron chi connectivity index (χ4n) is 3.89. The van der Waals surface area contributed by atoms with Gasteiger partial charge in [-0.3, -0.25) is 4.68 Å². The molecule has 3 rings (SSSR count). The topological polar surface area (TPSA) is 39.1 Å². The minimum atomic E-state index is 0.764. The lowest BCUT2D eigenvalue weighted by molar-refractivity contribution is 0.198. The first-order valence-electron chi connectivity index (χ1n) is 7.57. The van der Waals surface area contributed by atoms with Gasteiger partial charge in [0.05, 0.1) is 12.3 Å². The Morgan fingerprint density at radius 3 is 3.11 bits per heavy atom. The van der Waals surface area contributed by atoms with Crippen LogP contribution in [0.1, 0.15) is 31.4 Å². The van der Waals surface area contributed by atoms with E-state index in [0.29, 0.717) is 0 Å². The molecule has 2 bridgehead atoms. The van der Waals surface area contributed by atoms with E-state index < -0.39 is 0 Å². The van der Waals surface area contributed by atoms with Gasteiger partial charge in [-0.05, 0) is 43.1 Å². The second-order valence-corrected chi connectivity index (χ2v) is 6.11. The molecule has 2 aliphatic rings. The molecule has 2 fully saturated rings. The Balaban J connectivity index is 1.52. The van der Waals surface area contributed by atoms with Crippen LogP contribution in [-0.4, -0.2) is 30.0 Å². The number of methoxy groups -OCH3 is 1. The number of fused-ring (bicyclic) bond motifs is 2. The number of hydrogen-bond donors (Lipinski definition) is 1. The Hall–Kier alpha value is -0.870. The summed E-state index contributed by atoms with van der Waals surface area (Å²) in [7, 11) is 1.74. The van der Waals surface area contributed by atoms with Crippen molar-refractivity contribution in [1.29, 1.82) is 0 Å². The predicted octanol–water partition coefficient (Wildman–Crippen LogP) is 2.06. The van der Waals surface area contributed by atoms with Gasteiger partial charge in [-0.25, -0.2) is 0 Å². The first-order chi connectivity index (χ1) is 9.36. The third-order valence-electron chi connectivity index (χ3n) is 4.89. The zero-order chi connectivity index (χ0) is 13.1. The zero-order valence-electron chi connectivity index (χ0n) is 11.8. The fraction of sp³-hybridized carbons (Fsp3) is 0.800. The van der Waals surface area contributed by atoms with Crippen LogP contribution >= 0.6 is 0 Å². The molecule has 0 radical (unpaired) electrons. The van der Waals surface area contributed by atoms with Crippen molar-refractivity contribution >= 4 is 0 Å². The molecule has 1 aromatic rings. The van der Waals surface area contributed by atoms with Gasteiger partial charge in [-0.15, -0.1) is 0 Å². The Kier molecular flexibility index (Phi) is 4.18. The molecule has 1 N–H and O–H groups in total. The second-order valence-electron chi connectivity index (χ2n) is 6.11. The first-order valence-corrected chi connectivity index (χ1v) is 7.57. The summed E-state index contributed by atoms with van der Waals surface area (Å²) in [4.78, 5) is 0. The SMILES string of the molecule is COCCNCc1ccnn1CC1CC2CCC1C2. The summed E-state index contributed by atoms with van der Waals surface area (Å²) in [6, 6.07) is 2.13. The molecule has 1 heterocycles. The average molecular weight is 263 g/mol. The molecule has 0 spiro atoms. The van der Waals surface area contributed by atoms with E-state index in [2.05, 4.69) is 21.2 Å². The fourth-order valence-corrected chi connectivity index (χ4v) is 3.89. The van der Waals surface area contributed by atoms with Gasteiger partial charge < -0.3 is 10.1 Å². The molecule has 106 valence electrons. The Morgan fingerprint density at radius 2 is 2.37 bits per heavy atom. The van der Waals surface area contributed by atoms with Crippen molar-refractivity contribution < 1.29 is 4.74 Å². The molecule has 4 nitrogen and oxygen atoms in total. The normalized spacial score (nSPS) is 29.2. The van der Waals surface area contributed by atoms with Crippen LogP contribution in [0.4, 0.5) is 0 Å². The third-order valence-corrected chi connectivity index (χ3v) is 4.89. The van der Waals surface area contributed by atoms with Crippen molar-refractivity contribution in [2.24, 2.45) is 17.8 Å². The minimum Gasteiger partial charge on any atom is -0.383 e. The summed E-state index contributed by atoms with van der Waals surface area (Å²) >= 11 is 0. The monoisotopic (exact) mass is 263 g/mol. The molecule has 0 saturated heterocycles. The summed E-state index contributed by atoms with van der Waals surface area (Å²) < 4.78 is 7.26. The molecule has 3 atom stereocenters. The van der Waals surface area contributed by atoms with Gasteiger partial charge in [0, 0.05) is 32.9 Å². The quantitative estimate of drug-likeness (QED) is 0.765. The van der Waals surface area contributed by atoms with Crippen LogP contribution in [0.2, 0.25) is 0 Å². The lowest BCUT2D eigenvalue weighted by atomic mass is 9.89. The summed E-state index contributed by atoms with van der Waals surface area (Å²) in [5.41, 5.74) is 1.30. The second kappa shape index (κ2) is 6.06. The Labute approximate surface area is 115 Å². The van der Waals surface area contributed by atoms with E-state index in [1.807, 2.05) is 6.20 Å². The highest BCUT2D eigenvalue weighted by atomic mass is 16.5. The van der Waals surface area contributed by atoms with E-state index in [9.17, 15) is 0 Å². The number of ether oxygens (including phenoxy) is 1. The van der Waals surface area contributed by atoms with Crippen molar-refractivity contribution in [2.75, 3.05) is 20.3 Å². The van der Waals surface area contributed by atoms with E-state index in [4.69, 9.17) is 4.74 Å². The maximum Gasteiger partial charge on any atom is 0.0587 e. The summed E-state index contributed by atoms with van der Waals surface area (Å²) in [5, 5.41) is 7.91. The summed E-state index contributed by atoms with van der Waals surface area (Å²) in [6.45, 7) is 3.68. The van der Waals surface area contributed by atoms with Crippen molar-refractivity contribution in [1.82, 2.24) is 15.1 Å². The molecule has 0 aliphatic heterocycles. The lowest BCUT2D eigenvalue weighted by Gasteiger charge is -2.22. The number of nitrogens with zero attached hydrogens (tertiary/aromatic N) is 2. The molecule has 2 saturated carbocycles. The molecule has 0 amide bonds. The van der Waals surface area contributed by atoms with Gasteiger partial charge in [-0.2, -0.15) is 5.10 Å². The van der Waals surface area contributed by atoms with Crippen molar-refractivity contribution in [3.05, 3.63) is 18.0 Å². The molecule has 4 heteroatoms. The van der Waals surface area contributed by atoms with Gasteiger partial charge in [0.2, 0.25) is 0 Å². The molecule has 0 aromatic carbocycles. The van der Waals surface area contributed by atoms with Crippen LogP contribution < -0.4 is 5.32 Å². The number of nitrogens with one attached hydrogen (secondary N) is 1. The molecular weight excluding hydrogens is 238 g/mol. The molecule has 1 aromatic heterocycles. The molecule has 2 aliphatic carbocycles. The van der Waals surface area contributed by atoms with Crippen molar-refractivity contribution in [3.8, 4) is 0 Å². The largest absolute Gasteiger partial charge is 0.383 e. The first kappa shape index (κ1) is 13.1. The summed E-state index contributed by atoms with van der Waals surface area (Å²) in [5.74, 6) is 2.87. The van der Waals surface area contributed by atoms with Crippen molar-refractivity contribution in [3.63, 3.8) is 0 Å². The van der Waals surface area contributed by atoms with Gasteiger partial charge >= 0.3 is 0 Å². The summed E-state index contributed by atoms with van der Waals surface area (Å²) in [6.07, 6.45) is 7.78. The Bertz CT molecular complexity index is 404. The predicted molar refractivity (Wildman–Crippen MR) is 74.7 cm³/mol. The number of aromatic nitrogens is 2.